The molecule has 3 nitrogen and oxygen atoms in total. The highest BCUT2D eigenvalue weighted by atomic mass is 19.1. The number of alkyl halides is 1. The topological polar surface area (TPSA) is 42.0 Å². The number of amides is 1. The summed E-state index contributed by atoms with van der Waals surface area (Å²) in [6.07, 6.45) is 3.15. The van der Waals surface area contributed by atoms with Gasteiger partial charge in [0.2, 0.25) is 0 Å². The number of hydrogen-bond donors (Lipinski definition) is 1. The third-order valence-corrected chi connectivity index (χ3v) is 1.67. The Morgan fingerprint density at radius 3 is 2.64 bits per heavy atom. The Labute approximate surface area is 82.4 Å². The average Bonchev–Trinajstić information content (AvgIpc) is 2.02. The number of aryl methyl sites for hydroxylation is 1. The van der Waals surface area contributed by atoms with Crippen LogP contribution in [0, 0.1) is 6.92 Å². The molecule has 4 heteroatoms. The van der Waals surface area contributed by atoms with Crippen molar-refractivity contribution in [2.24, 2.45) is 0 Å². The predicted molar refractivity (Wildman–Crippen MR) is 52.8 cm³/mol. The number of carbonyl (C=O) groups is 1. The lowest BCUT2D eigenvalue weighted by Gasteiger charge is -2.13. The Morgan fingerprint density at radius 2 is 2.14 bits per heavy atom. The molecular weight excluding hydrogens is 183 g/mol. The van der Waals surface area contributed by atoms with Crippen LogP contribution in [0.4, 0.5) is 10.1 Å². The second-order valence-corrected chi connectivity index (χ2v) is 3.68. The normalized spacial score (nSPS) is 11.1. The molecule has 0 spiro atoms. The summed E-state index contributed by atoms with van der Waals surface area (Å²) in [4.78, 5) is 15.1. The smallest absolute Gasteiger partial charge is 0.261 e. The van der Waals surface area contributed by atoms with Gasteiger partial charge in [-0.15, -0.1) is 0 Å². The van der Waals surface area contributed by atoms with Gasteiger partial charge in [-0.25, -0.2) is 4.39 Å². The number of halogens is 1. The molecule has 1 amide bonds. The fourth-order valence-electron chi connectivity index (χ4n) is 0.903. The largest absolute Gasteiger partial charge is 0.322 e. The summed E-state index contributed by atoms with van der Waals surface area (Å²) in [6, 6.07) is 1.73. The molecule has 1 aromatic rings. The molecule has 76 valence electrons. The SMILES string of the molecule is Cc1cncc(NC(=O)C(C)(C)F)c1. The van der Waals surface area contributed by atoms with Crippen LogP contribution in [0.5, 0.6) is 0 Å². The first kappa shape index (κ1) is 10.6. The van der Waals surface area contributed by atoms with Crippen molar-refractivity contribution in [3.63, 3.8) is 0 Å². The van der Waals surface area contributed by atoms with Gasteiger partial charge in [-0.2, -0.15) is 0 Å². The van der Waals surface area contributed by atoms with Gasteiger partial charge in [0, 0.05) is 6.20 Å². The van der Waals surface area contributed by atoms with Gasteiger partial charge < -0.3 is 5.32 Å². The first-order valence-electron chi connectivity index (χ1n) is 4.31. The molecule has 1 aromatic heterocycles. The van der Waals surface area contributed by atoms with E-state index in [4.69, 9.17) is 0 Å². The number of rotatable bonds is 2. The number of pyridine rings is 1. The minimum atomic E-state index is -1.87. The molecule has 0 saturated carbocycles. The first-order valence-corrected chi connectivity index (χ1v) is 4.31. The standard InChI is InChI=1S/C10H13FN2O/c1-7-4-8(6-12-5-7)13-9(14)10(2,3)11/h4-6H,1-3H3,(H,13,14). The molecule has 0 saturated heterocycles. The van der Waals surface area contributed by atoms with Crippen molar-refractivity contribution in [1.82, 2.24) is 4.98 Å². The van der Waals surface area contributed by atoms with Crippen molar-refractivity contribution in [2.45, 2.75) is 26.4 Å². The molecule has 0 aliphatic heterocycles. The van der Waals surface area contributed by atoms with Crippen LogP contribution >= 0.6 is 0 Å². The molecule has 0 aliphatic carbocycles. The molecule has 0 unspecified atom stereocenters. The Bertz CT molecular complexity index is 344. The number of carbonyl (C=O) groups excluding carboxylic acids is 1. The van der Waals surface area contributed by atoms with Crippen molar-refractivity contribution in [3.8, 4) is 0 Å². The third kappa shape index (κ3) is 2.80. The van der Waals surface area contributed by atoms with E-state index in [1.165, 1.54) is 20.0 Å². The van der Waals surface area contributed by atoms with E-state index in [0.29, 0.717) is 5.69 Å². The Balaban J connectivity index is 2.75. The Hall–Kier alpha value is -1.45. The van der Waals surface area contributed by atoms with E-state index < -0.39 is 11.6 Å². The van der Waals surface area contributed by atoms with Gasteiger partial charge in [-0.05, 0) is 32.4 Å². The van der Waals surface area contributed by atoms with Crippen LogP contribution in [0.3, 0.4) is 0 Å². The molecule has 0 fully saturated rings. The molecule has 0 bridgehead atoms. The van der Waals surface area contributed by atoms with Gasteiger partial charge in [0.05, 0.1) is 11.9 Å². The van der Waals surface area contributed by atoms with Crippen molar-refractivity contribution in [3.05, 3.63) is 24.0 Å². The van der Waals surface area contributed by atoms with E-state index in [1.54, 1.807) is 12.3 Å². The van der Waals surface area contributed by atoms with Crippen molar-refractivity contribution in [2.75, 3.05) is 5.32 Å². The van der Waals surface area contributed by atoms with E-state index in [0.717, 1.165) is 5.56 Å². The van der Waals surface area contributed by atoms with Gasteiger partial charge in [0.25, 0.3) is 5.91 Å². The predicted octanol–water partition coefficient (Wildman–Crippen LogP) is 2.08. The second kappa shape index (κ2) is 3.74. The lowest BCUT2D eigenvalue weighted by molar-refractivity contribution is -0.125. The zero-order chi connectivity index (χ0) is 10.8. The third-order valence-electron chi connectivity index (χ3n) is 1.67. The van der Waals surface area contributed by atoms with Crippen LogP contribution in [0.1, 0.15) is 19.4 Å². The summed E-state index contributed by atoms with van der Waals surface area (Å²) in [5, 5.41) is 2.45. The van der Waals surface area contributed by atoms with Crippen LogP contribution in [-0.2, 0) is 4.79 Å². The highest BCUT2D eigenvalue weighted by molar-refractivity contribution is 5.96. The van der Waals surface area contributed by atoms with Crippen LogP contribution in [0.25, 0.3) is 0 Å². The molecule has 1 heterocycles. The Morgan fingerprint density at radius 1 is 1.50 bits per heavy atom. The quantitative estimate of drug-likeness (QED) is 0.786. The van der Waals surface area contributed by atoms with Gasteiger partial charge >= 0.3 is 0 Å². The fraction of sp³-hybridized carbons (Fsp3) is 0.400. The summed E-state index contributed by atoms with van der Waals surface area (Å²) in [7, 11) is 0. The van der Waals surface area contributed by atoms with E-state index in [1.807, 2.05) is 6.92 Å². The van der Waals surface area contributed by atoms with Gasteiger partial charge in [-0.3, -0.25) is 9.78 Å². The highest BCUT2D eigenvalue weighted by Gasteiger charge is 2.26. The molecule has 1 N–H and O–H groups in total. The molecule has 14 heavy (non-hydrogen) atoms. The molecule has 0 radical (unpaired) electrons. The molecule has 0 atom stereocenters. The van der Waals surface area contributed by atoms with E-state index in [2.05, 4.69) is 10.3 Å². The molecule has 1 rings (SSSR count). The molecule has 0 aromatic carbocycles. The second-order valence-electron chi connectivity index (χ2n) is 3.68. The summed E-state index contributed by atoms with van der Waals surface area (Å²) in [5.41, 5.74) is -0.441. The highest BCUT2D eigenvalue weighted by Crippen LogP contribution is 2.13. The molecule has 0 aliphatic rings. The minimum Gasteiger partial charge on any atom is -0.322 e. The fourth-order valence-corrected chi connectivity index (χ4v) is 0.903. The van der Waals surface area contributed by atoms with Gasteiger partial charge in [0.1, 0.15) is 0 Å². The minimum absolute atomic E-state index is 0.515. The number of nitrogens with zero attached hydrogens (tertiary/aromatic N) is 1. The number of aromatic nitrogens is 1. The van der Waals surface area contributed by atoms with Crippen LogP contribution in [0.2, 0.25) is 0 Å². The lowest BCUT2D eigenvalue weighted by Crippen LogP contribution is -2.32. The van der Waals surface area contributed by atoms with E-state index >= 15 is 0 Å². The molecular formula is C10H13FN2O. The van der Waals surface area contributed by atoms with Crippen molar-refractivity contribution >= 4 is 11.6 Å². The number of nitrogens with one attached hydrogen (secondary N) is 1. The summed E-state index contributed by atoms with van der Waals surface area (Å²) in [6.45, 7) is 4.28. The van der Waals surface area contributed by atoms with Crippen LogP contribution in [0.15, 0.2) is 18.5 Å². The van der Waals surface area contributed by atoms with Gasteiger partial charge in [-0.1, -0.05) is 0 Å². The van der Waals surface area contributed by atoms with Crippen molar-refractivity contribution < 1.29 is 9.18 Å². The van der Waals surface area contributed by atoms with E-state index in [9.17, 15) is 9.18 Å². The van der Waals surface area contributed by atoms with Crippen LogP contribution < -0.4 is 5.32 Å². The maximum Gasteiger partial charge on any atom is 0.261 e. The number of hydrogen-bond acceptors (Lipinski definition) is 2. The van der Waals surface area contributed by atoms with E-state index in [-0.39, 0.29) is 0 Å². The lowest BCUT2D eigenvalue weighted by atomic mass is 10.1. The maximum absolute atomic E-state index is 13.1. The Kier molecular flexibility index (Phi) is 2.84. The maximum atomic E-state index is 13.1. The number of anilines is 1. The van der Waals surface area contributed by atoms with Crippen LogP contribution in [-0.4, -0.2) is 16.6 Å². The summed E-state index contributed by atoms with van der Waals surface area (Å²) in [5.74, 6) is -0.662. The summed E-state index contributed by atoms with van der Waals surface area (Å²) >= 11 is 0. The van der Waals surface area contributed by atoms with Gasteiger partial charge in [0.15, 0.2) is 5.67 Å². The summed E-state index contributed by atoms with van der Waals surface area (Å²) < 4.78 is 13.1. The monoisotopic (exact) mass is 196 g/mol. The zero-order valence-corrected chi connectivity index (χ0v) is 8.47. The first-order chi connectivity index (χ1) is 6.39. The zero-order valence-electron chi connectivity index (χ0n) is 8.47. The van der Waals surface area contributed by atoms with Crippen molar-refractivity contribution in [1.29, 1.82) is 0 Å². The average molecular weight is 196 g/mol.